The van der Waals surface area contributed by atoms with Crippen LogP contribution in [0, 0.1) is 0 Å². The van der Waals surface area contributed by atoms with Gasteiger partial charge in [-0.05, 0) is 47.0 Å². The van der Waals surface area contributed by atoms with Gasteiger partial charge in [0.05, 0.1) is 10.6 Å². The van der Waals surface area contributed by atoms with Crippen LogP contribution in [0.2, 0.25) is 5.02 Å². The number of ketones is 2. The summed E-state index contributed by atoms with van der Waals surface area (Å²) in [5, 5.41) is 0.365. The predicted octanol–water partition coefficient (Wildman–Crippen LogP) is 5.07. The Balaban J connectivity index is 2.17. The minimum absolute atomic E-state index is 0.0804. The first-order chi connectivity index (χ1) is 12.8. The molecule has 1 aromatic rings. The Labute approximate surface area is 175 Å². The second-order valence-corrected chi connectivity index (χ2v) is 12.4. The third-order valence-corrected chi connectivity index (χ3v) is 9.87. The van der Waals surface area contributed by atoms with Crippen LogP contribution in [-0.2, 0) is 29.9 Å². The highest BCUT2D eigenvalue weighted by atomic mass is 35.5. The van der Waals surface area contributed by atoms with Crippen LogP contribution >= 0.6 is 23.4 Å². The Kier molecular flexibility index (Phi) is 6.51. The summed E-state index contributed by atoms with van der Waals surface area (Å²) in [7, 11) is 0.000900. The molecule has 1 unspecified atom stereocenters. The van der Waals surface area contributed by atoms with Gasteiger partial charge in [-0.2, -0.15) is 0 Å². The van der Waals surface area contributed by atoms with E-state index in [9.17, 15) is 13.8 Å². The lowest BCUT2D eigenvalue weighted by atomic mass is 9.81. The molecule has 3 nitrogen and oxygen atoms in total. The van der Waals surface area contributed by atoms with Crippen molar-refractivity contribution in [3.8, 4) is 0 Å². The summed E-state index contributed by atoms with van der Waals surface area (Å²) < 4.78 is 11.7. The first kappa shape index (κ1) is 21.0. The van der Waals surface area contributed by atoms with Crippen molar-refractivity contribution in [3.63, 3.8) is 0 Å². The zero-order valence-electron chi connectivity index (χ0n) is 15.7. The minimum atomic E-state index is -0.567. The van der Waals surface area contributed by atoms with E-state index in [0.717, 1.165) is 46.1 Å². The normalized spacial score (nSPS) is 21.8. The highest BCUT2D eigenvalue weighted by Crippen LogP contribution is 2.43. The standard InChI is InChI=1S/C20H23ClO3S3/c1-4-25-15-7-5-6-14(22)16(15)18(23)12-8-9-13-19(17(12)21)27(26-24)11-10-20(13,2)3/h8-9H,4-7,10-11H2,1-3H3. The second-order valence-electron chi connectivity index (χ2n) is 7.39. The molecule has 0 saturated carbocycles. The number of benzene rings is 1. The van der Waals surface area contributed by atoms with Crippen LogP contribution in [0.25, 0.3) is 0 Å². The van der Waals surface area contributed by atoms with Crippen molar-refractivity contribution in [2.45, 2.75) is 56.8 Å². The molecule has 27 heavy (non-hydrogen) atoms. The topological polar surface area (TPSA) is 51.2 Å². The van der Waals surface area contributed by atoms with Crippen molar-refractivity contribution in [2.75, 3.05) is 11.5 Å². The van der Waals surface area contributed by atoms with Gasteiger partial charge in [0, 0.05) is 22.6 Å². The lowest BCUT2D eigenvalue weighted by molar-refractivity contribution is -0.115. The van der Waals surface area contributed by atoms with Crippen LogP contribution < -0.4 is 0 Å². The maximum absolute atomic E-state index is 13.3. The van der Waals surface area contributed by atoms with Crippen molar-refractivity contribution in [2.24, 2.45) is 0 Å². The summed E-state index contributed by atoms with van der Waals surface area (Å²) in [4.78, 5) is 27.5. The first-order valence-electron chi connectivity index (χ1n) is 9.09. The predicted molar refractivity (Wildman–Crippen MR) is 116 cm³/mol. The van der Waals surface area contributed by atoms with E-state index in [1.165, 1.54) is 0 Å². The van der Waals surface area contributed by atoms with Gasteiger partial charge in [0.25, 0.3) is 0 Å². The number of rotatable bonds is 4. The molecule has 0 radical (unpaired) electrons. The van der Waals surface area contributed by atoms with Crippen molar-refractivity contribution in [3.05, 3.63) is 38.8 Å². The molecule has 2 aliphatic rings. The van der Waals surface area contributed by atoms with Gasteiger partial charge < -0.3 is 0 Å². The van der Waals surface area contributed by atoms with Crippen LogP contribution in [0.3, 0.4) is 0 Å². The van der Waals surface area contributed by atoms with Crippen LogP contribution in [0.1, 0.15) is 62.4 Å². The van der Waals surface area contributed by atoms with E-state index in [4.69, 9.17) is 11.6 Å². The second kappa shape index (κ2) is 8.36. The molecular formula is C20H23ClO3S3. The number of carbonyl (C=O) groups is 2. The number of hydrogen-bond acceptors (Lipinski definition) is 4. The summed E-state index contributed by atoms with van der Waals surface area (Å²) in [6, 6.07) is 3.68. The lowest BCUT2D eigenvalue weighted by Gasteiger charge is -2.34. The smallest absolute Gasteiger partial charge is 0.198 e. The molecule has 0 amide bonds. The Morgan fingerprint density at radius 3 is 2.70 bits per heavy atom. The molecule has 1 aliphatic heterocycles. The van der Waals surface area contributed by atoms with E-state index in [-0.39, 0.29) is 17.0 Å². The van der Waals surface area contributed by atoms with Crippen molar-refractivity contribution in [1.29, 1.82) is 0 Å². The Morgan fingerprint density at radius 1 is 1.30 bits per heavy atom. The molecule has 1 heterocycles. The number of Topliss-reactive ketones (excluding diaryl/α,β-unsaturated/α-hetero) is 2. The van der Waals surface area contributed by atoms with Gasteiger partial charge in [0.1, 0.15) is 10.2 Å². The van der Waals surface area contributed by atoms with E-state index in [2.05, 4.69) is 13.8 Å². The van der Waals surface area contributed by atoms with E-state index in [1.807, 2.05) is 13.0 Å². The highest BCUT2D eigenvalue weighted by molar-refractivity contribution is 8.31. The third kappa shape index (κ3) is 3.91. The molecule has 146 valence electrons. The first-order valence-corrected chi connectivity index (χ1v) is 13.1. The van der Waals surface area contributed by atoms with Crippen LogP contribution in [0.4, 0.5) is 0 Å². The fourth-order valence-electron chi connectivity index (χ4n) is 3.66. The molecule has 1 aliphatic carbocycles. The molecule has 1 aromatic carbocycles. The van der Waals surface area contributed by atoms with Crippen LogP contribution in [0.5, 0.6) is 0 Å². The number of halogens is 1. The SMILES string of the molecule is CCSC1=C(C(=O)c2ccc3c(c2Cl)S(=S=O)CCC3(C)C)C(=O)CCC1. The average molecular weight is 443 g/mol. The fraction of sp³-hybridized carbons (Fsp3) is 0.500. The van der Waals surface area contributed by atoms with Gasteiger partial charge in [-0.25, -0.2) is 4.21 Å². The number of hydrogen-bond donors (Lipinski definition) is 0. The number of fused-ring (bicyclic) bond motifs is 1. The van der Waals surface area contributed by atoms with Gasteiger partial charge in [-0.15, -0.1) is 11.8 Å². The van der Waals surface area contributed by atoms with Crippen molar-refractivity contribution in [1.82, 2.24) is 0 Å². The summed E-state index contributed by atoms with van der Waals surface area (Å²) in [5.41, 5.74) is 1.64. The zero-order chi connectivity index (χ0) is 19.8. The van der Waals surface area contributed by atoms with E-state index < -0.39 is 9.45 Å². The molecule has 0 bridgehead atoms. The average Bonchev–Trinajstić information content (AvgIpc) is 2.62. The monoisotopic (exact) mass is 442 g/mol. The Morgan fingerprint density at radius 2 is 2.04 bits per heavy atom. The van der Waals surface area contributed by atoms with E-state index >= 15 is 0 Å². The molecule has 0 saturated heterocycles. The maximum atomic E-state index is 13.3. The quantitative estimate of drug-likeness (QED) is 0.482. The van der Waals surface area contributed by atoms with Gasteiger partial charge in [-0.1, -0.05) is 47.9 Å². The third-order valence-electron chi connectivity index (χ3n) is 5.20. The molecular weight excluding hydrogens is 420 g/mol. The van der Waals surface area contributed by atoms with Gasteiger partial charge in [-0.3, -0.25) is 9.59 Å². The molecule has 0 fully saturated rings. The van der Waals surface area contributed by atoms with Gasteiger partial charge in [0.15, 0.2) is 11.6 Å². The zero-order valence-corrected chi connectivity index (χ0v) is 18.9. The van der Waals surface area contributed by atoms with Gasteiger partial charge >= 0.3 is 0 Å². The molecule has 7 heteroatoms. The van der Waals surface area contributed by atoms with Crippen LogP contribution in [0.15, 0.2) is 27.5 Å². The molecule has 1 atom stereocenters. The fourth-order valence-corrected chi connectivity index (χ4v) is 8.43. The number of thioether (sulfide) groups is 1. The lowest BCUT2D eigenvalue weighted by Crippen LogP contribution is -2.28. The van der Waals surface area contributed by atoms with E-state index in [0.29, 0.717) is 32.8 Å². The number of allylic oxidation sites excluding steroid dienone is 2. The Bertz CT molecular complexity index is 911. The van der Waals surface area contributed by atoms with Gasteiger partial charge in [0.2, 0.25) is 0 Å². The summed E-state index contributed by atoms with van der Waals surface area (Å²) in [6.45, 7) is 6.30. The van der Waals surface area contributed by atoms with E-state index in [1.54, 1.807) is 17.8 Å². The van der Waals surface area contributed by atoms with Crippen LogP contribution in [-0.4, -0.2) is 27.3 Å². The molecule has 0 N–H and O–H groups in total. The molecule has 0 spiro atoms. The minimum Gasteiger partial charge on any atom is -0.294 e. The highest BCUT2D eigenvalue weighted by Gasteiger charge is 2.35. The Hall–Kier alpha value is -0.690. The molecule has 0 aromatic heterocycles. The largest absolute Gasteiger partial charge is 0.294 e. The summed E-state index contributed by atoms with van der Waals surface area (Å²) in [6.07, 6.45) is 2.89. The summed E-state index contributed by atoms with van der Waals surface area (Å²) >= 11 is 8.28. The number of carbonyl (C=O) groups excluding carboxylic acids is 2. The van der Waals surface area contributed by atoms with Crippen molar-refractivity contribution >= 4 is 54.6 Å². The maximum Gasteiger partial charge on any atom is 0.198 e. The summed E-state index contributed by atoms with van der Waals surface area (Å²) in [5.74, 6) is 1.21. The van der Waals surface area contributed by atoms with Crippen molar-refractivity contribution < 1.29 is 13.8 Å². The molecule has 3 rings (SSSR count).